The average molecular weight is 246 g/mol. The van der Waals surface area contributed by atoms with E-state index in [1.807, 2.05) is 6.26 Å². The van der Waals surface area contributed by atoms with Crippen molar-refractivity contribution in [3.05, 3.63) is 0 Å². The van der Waals surface area contributed by atoms with Crippen LogP contribution in [-0.2, 0) is 4.79 Å². The summed E-state index contributed by atoms with van der Waals surface area (Å²) in [4.78, 5) is 23.1. The van der Waals surface area contributed by atoms with E-state index in [9.17, 15) is 9.59 Å². The minimum absolute atomic E-state index is 0.180. The highest BCUT2D eigenvalue weighted by atomic mass is 32.2. The van der Waals surface area contributed by atoms with E-state index in [2.05, 4.69) is 5.32 Å². The summed E-state index contributed by atoms with van der Waals surface area (Å²) in [5.41, 5.74) is 0. The molecule has 1 aliphatic rings. The van der Waals surface area contributed by atoms with Gasteiger partial charge in [-0.2, -0.15) is 11.8 Å². The maximum atomic E-state index is 11.5. The number of likely N-dealkylation sites (N-methyl/N-ethyl adjacent to an activating group) is 1. The van der Waals surface area contributed by atoms with Gasteiger partial charge in [-0.3, -0.25) is 4.79 Å². The highest BCUT2D eigenvalue weighted by Gasteiger charge is 2.36. The van der Waals surface area contributed by atoms with E-state index in [1.165, 1.54) is 18.4 Å². The van der Waals surface area contributed by atoms with Crippen molar-refractivity contribution < 1.29 is 14.7 Å². The van der Waals surface area contributed by atoms with Crippen LogP contribution in [0.1, 0.15) is 19.3 Å². The summed E-state index contributed by atoms with van der Waals surface area (Å²) in [5, 5.41) is 11.3. The number of carbonyl (C=O) groups excluding carboxylic acids is 1. The summed E-state index contributed by atoms with van der Waals surface area (Å²) in [6.07, 6.45) is 5.50. The third kappa shape index (κ3) is 3.30. The second-order valence-electron chi connectivity index (χ2n) is 4.15. The maximum absolute atomic E-state index is 11.5. The van der Waals surface area contributed by atoms with Crippen LogP contribution >= 0.6 is 11.8 Å². The van der Waals surface area contributed by atoms with Crippen molar-refractivity contribution in [2.45, 2.75) is 24.0 Å². The topological polar surface area (TPSA) is 69.6 Å². The van der Waals surface area contributed by atoms with Gasteiger partial charge in [0, 0.05) is 18.3 Å². The van der Waals surface area contributed by atoms with E-state index in [-0.39, 0.29) is 17.3 Å². The Morgan fingerprint density at radius 3 is 2.50 bits per heavy atom. The molecular weight excluding hydrogens is 228 g/mol. The third-order valence-electron chi connectivity index (χ3n) is 2.98. The number of urea groups is 1. The van der Waals surface area contributed by atoms with Crippen LogP contribution in [0.25, 0.3) is 0 Å². The van der Waals surface area contributed by atoms with E-state index >= 15 is 0 Å². The molecule has 0 radical (unpaired) electrons. The molecule has 0 atom stereocenters. The summed E-state index contributed by atoms with van der Waals surface area (Å²) >= 11 is 1.78. The first-order chi connectivity index (χ1) is 7.49. The Balaban J connectivity index is 2.31. The highest BCUT2D eigenvalue weighted by Crippen LogP contribution is 2.42. The number of aliphatic carboxylic acids is 1. The summed E-state index contributed by atoms with van der Waals surface area (Å²) in [6.45, 7) is 0.356. The van der Waals surface area contributed by atoms with Gasteiger partial charge in [0.2, 0.25) is 0 Å². The molecule has 0 aromatic heterocycles. The molecule has 0 bridgehead atoms. The smallest absolute Gasteiger partial charge is 0.323 e. The van der Waals surface area contributed by atoms with E-state index in [4.69, 9.17) is 5.11 Å². The van der Waals surface area contributed by atoms with Crippen LogP contribution in [0.5, 0.6) is 0 Å². The van der Waals surface area contributed by atoms with Crippen LogP contribution in [0.15, 0.2) is 0 Å². The molecule has 0 unspecified atom stereocenters. The molecule has 1 rings (SSSR count). The fraction of sp³-hybridized carbons (Fsp3) is 0.800. The molecule has 1 fully saturated rings. The van der Waals surface area contributed by atoms with E-state index in [0.717, 1.165) is 12.8 Å². The van der Waals surface area contributed by atoms with E-state index in [0.29, 0.717) is 6.54 Å². The number of thioether (sulfide) groups is 1. The molecule has 1 saturated carbocycles. The largest absolute Gasteiger partial charge is 0.480 e. The highest BCUT2D eigenvalue weighted by molar-refractivity contribution is 8.00. The molecule has 5 nitrogen and oxygen atoms in total. The fourth-order valence-corrected chi connectivity index (χ4v) is 2.58. The minimum Gasteiger partial charge on any atom is -0.480 e. The van der Waals surface area contributed by atoms with Gasteiger partial charge in [0.15, 0.2) is 0 Å². The molecule has 2 amide bonds. The number of hydrogen-bond donors (Lipinski definition) is 2. The predicted octanol–water partition coefficient (Wildman–Crippen LogP) is 0.998. The second kappa shape index (κ2) is 5.43. The Bertz CT molecular complexity index is 274. The molecule has 0 aromatic carbocycles. The number of carbonyl (C=O) groups is 2. The van der Waals surface area contributed by atoms with Gasteiger partial charge in [-0.1, -0.05) is 6.42 Å². The van der Waals surface area contributed by atoms with Crippen molar-refractivity contribution in [2.24, 2.45) is 0 Å². The van der Waals surface area contributed by atoms with Crippen molar-refractivity contribution >= 4 is 23.8 Å². The molecule has 92 valence electrons. The van der Waals surface area contributed by atoms with Gasteiger partial charge >= 0.3 is 12.0 Å². The Morgan fingerprint density at radius 1 is 1.50 bits per heavy atom. The average Bonchev–Trinajstić information content (AvgIpc) is 2.15. The Morgan fingerprint density at radius 2 is 2.12 bits per heavy atom. The van der Waals surface area contributed by atoms with Crippen LogP contribution in [0, 0.1) is 0 Å². The molecule has 0 aromatic rings. The van der Waals surface area contributed by atoms with Crippen LogP contribution in [0.3, 0.4) is 0 Å². The lowest BCUT2D eigenvalue weighted by Crippen LogP contribution is -2.49. The van der Waals surface area contributed by atoms with E-state index < -0.39 is 5.97 Å². The van der Waals surface area contributed by atoms with Crippen molar-refractivity contribution in [3.8, 4) is 0 Å². The van der Waals surface area contributed by atoms with Gasteiger partial charge in [-0.15, -0.1) is 0 Å². The standard InChI is InChI=1S/C10H18N2O3S/c1-12(6-8(13)14)9(15)11-7-10(16-2)4-3-5-10/h3-7H2,1-2H3,(H,11,15)(H,13,14). The summed E-state index contributed by atoms with van der Waals surface area (Å²) in [6, 6.07) is -0.317. The zero-order chi connectivity index (χ0) is 12.2. The SMILES string of the molecule is CSC1(CNC(=O)N(C)CC(=O)O)CCC1. The Hall–Kier alpha value is -0.910. The first-order valence-electron chi connectivity index (χ1n) is 5.25. The number of nitrogens with zero attached hydrogens (tertiary/aromatic N) is 1. The van der Waals surface area contributed by atoms with Gasteiger partial charge in [0.1, 0.15) is 6.54 Å². The Kier molecular flexibility index (Phi) is 4.46. The first kappa shape index (κ1) is 13.2. The lowest BCUT2D eigenvalue weighted by molar-refractivity contribution is -0.137. The van der Waals surface area contributed by atoms with Crippen LogP contribution < -0.4 is 5.32 Å². The number of nitrogens with one attached hydrogen (secondary N) is 1. The maximum Gasteiger partial charge on any atom is 0.323 e. The van der Waals surface area contributed by atoms with Crippen molar-refractivity contribution in [3.63, 3.8) is 0 Å². The van der Waals surface area contributed by atoms with Gasteiger partial charge in [-0.25, -0.2) is 4.79 Å². The van der Waals surface area contributed by atoms with Crippen LogP contribution in [0.2, 0.25) is 0 Å². The lowest BCUT2D eigenvalue weighted by atomic mass is 9.84. The number of carboxylic acid groups (broad SMARTS) is 1. The minimum atomic E-state index is -0.999. The molecule has 2 N–H and O–H groups in total. The van der Waals surface area contributed by atoms with Crippen molar-refractivity contribution in [2.75, 3.05) is 26.4 Å². The molecule has 0 spiro atoms. The fourth-order valence-electron chi connectivity index (χ4n) is 1.67. The summed E-state index contributed by atoms with van der Waals surface area (Å²) in [5.74, 6) is -0.999. The molecule has 16 heavy (non-hydrogen) atoms. The molecule has 1 aliphatic carbocycles. The van der Waals surface area contributed by atoms with Crippen LogP contribution in [-0.4, -0.2) is 53.1 Å². The number of rotatable bonds is 5. The predicted molar refractivity (Wildman–Crippen MR) is 63.8 cm³/mol. The van der Waals surface area contributed by atoms with Crippen molar-refractivity contribution in [1.29, 1.82) is 0 Å². The number of carboxylic acids is 1. The molecule has 6 heteroatoms. The van der Waals surface area contributed by atoms with E-state index in [1.54, 1.807) is 11.8 Å². The van der Waals surface area contributed by atoms with Gasteiger partial charge < -0.3 is 15.3 Å². The van der Waals surface area contributed by atoms with Gasteiger partial charge in [0.05, 0.1) is 0 Å². The Labute approximate surface area is 99.6 Å². The normalized spacial score (nSPS) is 17.4. The summed E-state index contributed by atoms with van der Waals surface area (Å²) in [7, 11) is 1.48. The van der Waals surface area contributed by atoms with Gasteiger partial charge in [0.25, 0.3) is 0 Å². The quantitative estimate of drug-likeness (QED) is 0.759. The number of hydrogen-bond acceptors (Lipinski definition) is 3. The molecular formula is C10H18N2O3S. The first-order valence-corrected chi connectivity index (χ1v) is 6.47. The zero-order valence-corrected chi connectivity index (χ0v) is 10.5. The van der Waals surface area contributed by atoms with Crippen molar-refractivity contribution in [1.82, 2.24) is 10.2 Å². The second-order valence-corrected chi connectivity index (χ2v) is 5.42. The van der Waals surface area contributed by atoms with Gasteiger partial charge in [-0.05, 0) is 19.1 Å². The van der Waals surface area contributed by atoms with Crippen LogP contribution in [0.4, 0.5) is 4.79 Å². The summed E-state index contributed by atoms with van der Waals surface area (Å²) < 4.78 is 0.180. The third-order valence-corrected chi connectivity index (χ3v) is 4.40. The zero-order valence-electron chi connectivity index (χ0n) is 9.65. The lowest BCUT2D eigenvalue weighted by Gasteiger charge is -2.40. The molecule has 0 aliphatic heterocycles. The molecule has 0 saturated heterocycles. The number of amides is 2. The molecule has 0 heterocycles. The monoisotopic (exact) mass is 246 g/mol.